The molecule has 0 saturated carbocycles. The Bertz CT molecular complexity index is 876. The van der Waals surface area contributed by atoms with Gasteiger partial charge in [0.25, 0.3) is 0 Å². The molecule has 0 aliphatic rings. The van der Waals surface area contributed by atoms with Crippen molar-refractivity contribution in [1.82, 2.24) is 19.5 Å². The van der Waals surface area contributed by atoms with Crippen LogP contribution in [0.25, 0.3) is 27.9 Å². The molecule has 5 heteroatoms. The lowest BCUT2D eigenvalue weighted by molar-refractivity contribution is 0.962. The molecule has 4 nitrogen and oxygen atoms in total. The van der Waals surface area contributed by atoms with E-state index in [0.29, 0.717) is 5.95 Å². The molecule has 4 rings (SSSR count). The summed E-state index contributed by atoms with van der Waals surface area (Å²) in [5.41, 5.74) is 1.96. The molecule has 0 amide bonds. The van der Waals surface area contributed by atoms with E-state index in [1.165, 1.54) is 0 Å². The van der Waals surface area contributed by atoms with Gasteiger partial charge in [0, 0.05) is 23.2 Å². The van der Waals surface area contributed by atoms with E-state index in [-0.39, 0.29) is 0 Å². The van der Waals surface area contributed by atoms with E-state index in [4.69, 9.17) is 0 Å². The van der Waals surface area contributed by atoms with Crippen molar-refractivity contribution in [3.63, 3.8) is 0 Å². The highest BCUT2D eigenvalue weighted by molar-refractivity contribution is 14.1. The Labute approximate surface area is 128 Å². The van der Waals surface area contributed by atoms with Gasteiger partial charge in [0.1, 0.15) is 9.35 Å². The van der Waals surface area contributed by atoms with Crippen molar-refractivity contribution in [1.29, 1.82) is 0 Å². The summed E-state index contributed by atoms with van der Waals surface area (Å²) in [5.74, 6) is 0.654. The van der Waals surface area contributed by atoms with Crippen LogP contribution in [0.5, 0.6) is 0 Å². The van der Waals surface area contributed by atoms with Gasteiger partial charge < -0.3 is 0 Å². The van der Waals surface area contributed by atoms with E-state index in [0.717, 1.165) is 25.6 Å². The largest absolute Gasteiger partial charge is 0.262 e. The molecule has 1 aromatic carbocycles. The number of benzene rings is 1. The van der Waals surface area contributed by atoms with Gasteiger partial charge in [-0.2, -0.15) is 0 Å². The van der Waals surface area contributed by atoms with Gasteiger partial charge >= 0.3 is 0 Å². The third kappa shape index (κ3) is 1.70. The molecule has 0 fully saturated rings. The monoisotopic (exact) mass is 372 g/mol. The smallest absolute Gasteiger partial charge is 0.236 e. The highest BCUT2D eigenvalue weighted by atomic mass is 127. The highest BCUT2D eigenvalue weighted by Gasteiger charge is 2.13. The average Bonchev–Trinajstić information content (AvgIpc) is 2.82. The fraction of sp³-hybridized carbons (Fsp3) is 0. The summed E-state index contributed by atoms with van der Waals surface area (Å²) in [7, 11) is 0. The maximum Gasteiger partial charge on any atom is 0.236 e. The zero-order valence-corrected chi connectivity index (χ0v) is 12.5. The Morgan fingerprint density at radius 3 is 2.60 bits per heavy atom. The lowest BCUT2D eigenvalue weighted by atomic mass is 10.2. The first-order valence-electron chi connectivity index (χ1n) is 6.18. The summed E-state index contributed by atoms with van der Waals surface area (Å²) in [6, 6.07) is 14.1. The number of aromatic nitrogens is 4. The molecule has 0 atom stereocenters. The summed E-state index contributed by atoms with van der Waals surface area (Å²) < 4.78 is 2.92. The second kappa shape index (κ2) is 4.52. The number of halogens is 1. The molecule has 0 spiro atoms. The molecule has 96 valence electrons. The molecule has 3 aromatic heterocycles. The Hall–Kier alpha value is -2.02. The molecule has 0 unspecified atom stereocenters. The number of para-hydroxylation sites is 1. The molecule has 0 saturated heterocycles. The first-order valence-corrected chi connectivity index (χ1v) is 7.25. The zero-order chi connectivity index (χ0) is 13.5. The first-order chi connectivity index (χ1) is 9.84. The lowest BCUT2D eigenvalue weighted by Gasteiger charge is -2.04. The van der Waals surface area contributed by atoms with Gasteiger partial charge in [-0.3, -0.25) is 4.57 Å². The fourth-order valence-corrected chi connectivity index (χ4v) is 2.81. The summed E-state index contributed by atoms with van der Waals surface area (Å²) >= 11 is 2.19. The highest BCUT2D eigenvalue weighted by Crippen LogP contribution is 2.29. The maximum absolute atomic E-state index is 4.51. The number of hydrogen-bond donors (Lipinski definition) is 0. The standard InChI is InChI=1S/C15H9IN4/c16-13-7-9-18-15(19-13)20-12-6-2-1-4-10(12)11-5-3-8-17-14(11)20/h1-9H. The van der Waals surface area contributed by atoms with Crippen molar-refractivity contribution in [3.8, 4) is 5.95 Å². The van der Waals surface area contributed by atoms with Gasteiger partial charge in [0.05, 0.1) is 5.52 Å². The van der Waals surface area contributed by atoms with Crippen LogP contribution >= 0.6 is 22.6 Å². The van der Waals surface area contributed by atoms with Gasteiger partial charge in [-0.15, -0.1) is 0 Å². The molecular weight excluding hydrogens is 363 g/mol. The number of rotatable bonds is 1. The van der Waals surface area contributed by atoms with Crippen molar-refractivity contribution in [2.45, 2.75) is 0 Å². The predicted octanol–water partition coefficient (Wildman–Crippen LogP) is 3.57. The Morgan fingerprint density at radius 1 is 0.850 bits per heavy atom. The molecule has 4 aromatic rings. The van der Waals surface area contributed by atoms with Crippen LogP contribution in [-0.4, -0.2) is 19.5 Å². The van der Waals surface area contributed by atoms with E-state index in [2.05, 4.69) is 55.7 Å². The van der Waals surface area contributed by atoms with Crippen LogP contribution in [0.3, 0.4) is 0 Å². The summed E-state index contributed by atoms with van der Waals surface area (Å²) in [6.45, 7) is 0. The van der Waals surface area contributed by atoms with Crippen LogP contribution in [0.15, 0.2) is 54.9 Å². The summed E-state index contributed by atoms with van der Waals surface area (Å²) in [4.78, 5) is 13.4. The molecule has 0 aliphatic carbocycles. The minimum Gasteiger partial charge on any atom is -0.262 e. The second-order valence-electron chi connectivity index (χ2n) is 4.41. The van der Waals surface area contributed by atoms with E-state index in [1.807, 2.05) is 28.8 Å². The third-order valence-electron chi connectivity index (χ3n) is 3.24. The normalized spacial score (nSPS) is 11.2. The predicted molar refractivity (Wildman–Crippen MR) is 86.9 cm³/mol. The van der Waals surface area contributed by atoms with Crippen molar-refractivity contribution in [2.75, 3.05) is 0 Å². The van der Waals surface area contributed by atoms with Crippen LogP contribution in [0.4, 0.5) is 0 Å². The molecular formula is C15H9IN4. The fourth-order valence-electron chi connectivity index (χ4n) is 2.43. The molecule has 0 N–H and O–H groups in total. The Morgan fingerprint density at radius 2 is 1.70 bits per heavy atom. The maximum atomic E-state index is 4.51. The van der Waals surface area contributed by atoms with E-state index < -0.39 is 0 Å². The van der Waals surface area contributed by atoms with Crippen molar-refractivity contribution >= 4 is 44.5 Å². The van der Waals surface area contributed by atoms with Crippen LogP contribution in [0.2, 0.25) is 0 Å². The average molecular weight is 372 g/mol. The van der Waals surface area contributed by atoms with Crippen molar-refractivity contribution in [3.05, 3.63) is 58.6 Å². The van der Waals surface area contributed by atoms with Gasteiger partial charge in [-0.1, -0.05) is 18.2 Å². The number of nitrogens with zero attached hydrogens (tertiary/aromatic N) is 4. The van der Waals surface area contributed by atoms with Crippen LogP contribution < -0.4 is 0 Å². The molecule has 0 radical (unpaired) electrons. The van der Waals surface area contributed by atoms with Crippen molar-refractivity contribution in [2.24, 2.45) is 0 Å². The summed E-state index contributed by atoms with van der Waals surface area (Å²) in [6.07, 6.45) is 3.57. The van der Waals surface area contributed by atoms with Crippen molar-refractivity contribution < 1.29 is 0 Å². The zero-order valence-electron chi connectivity index (χ0n) is 10.4. The number of pyridine rings is 1. The summed E-state index contributed by atoms with van der Waals surface area (Å²) in [5, 5.41) is 2.28. The lowest BCUT2D eigenvalue weighted by Crippen LogP contribution is -2.02. The molecule has 3 heterocycles. The topological polar surface area (TPSA) is 43.6 Å². The van der Waals surface area contributed by atoms with E-state index >= 15 is 0 Å². The minimum atomic E-state index is 0.654. The molecule has 0 aliphatic heterocycles. The SMILES string of the molecule is Ic1ccnc(-n2c3ccccc3c3cccnc32)n1. The minimum absolute atomic E-state index is 0.654. The van der Waals surface area contributed by atoms with E-state index in [9.17, 15) is 0 Å². The number of fused-ring (bicyclic) bond motifs is 3. The van der Waals surface area contributed by atoms with Gasteiger partial charge in [-0.05, 0) is 46.9 Å². The van der Waals surface area contributed by atoms with Gasteiger partial charge in [0.2, 0.25) is 5.95 Å². The first kappa shape index (κ1) is 11.8. The number of hydrogen-bond acceptors (Lipinski definition) is 3. The second-order valence-corrected chi connectivity index (χ2v) is 5.51. The quantitative estimate of drug-likeness (QED) is 0.379. The van der Waals surface area contributed by atoms with Crippen LogP contribution in [0, 0.1) is 3.70 Å². The van der Waals surface area contributed by atoms with Crippen LogP contribution in [-0.2, 0) is 0 Å². The third-order valence-corrected chi connectivity index (χ3v) is 3.84. The van der Waals surface area contributed by atoms with Crippen LogP contribution in [0.1, 0.15) is 0 Å². The Kier molecular flexibility index (Phi) is 2.66. The Balaban J connectivity index is 2.21. The molecule has 0 bridgehead atoms. The molecule has 20 heavy (non-hydrogen) atoms. The van der Waals surface area contributed by atoms with Gasteiger partial charge in [0.15, 0.2) is 0 Å². The van der Waals surface area contributed by atoms with Gasteiger partial charge in [-0.25, -0.2) is 15.0 Å². The van der Waals surface area contributed by atoms with E-state index in [1.54, 1.807) is 12.4 Å².